The number of fused-ring (bicyclic) bond motifs is 1. The molecule has 1 aliphatic heterocycles. The van der Waals surface area contributed by atoms with E-state index in [1.165, 1.54) is 5.56 Å². The number of aryl methyl sites for hydroxylation is 1. The number of carbonyl (C=O) groups excluding carboxylic acids is 1. The predicted octanol–water partition coefficient (Wildman–Crippen LogP) is 5.22. The molecule has 6 heteroatoms. The molecule has 0 aromatic heterocycles. The number of rotatable bonds is 7. The molecular weight excluding hydrogens is 392 g/mol. The maximum absolute atomic E-state index is 13.2. The van der Waals surface area contributed by atoms with Crippen LogP contribution in [0.1, 0.15) is 23.6 Å². The summed E-state index contributed by atoms with van der Waals surface area (Å²) < 4.78 is 16.1. The van der Waals surface area contributed by atoms with E-state index in [9.17, 15) is 4.79 Å². The van der Waals surface area contributed by atoms with Crippen molar-refractivity contribution in [3.8, 4) is 17.2 Å². The fourth-order valence-electron chi connectivity index (χ4n) is 3.44. The van der Waals surface area contributed by atoms with Gasteiger partial charge in [0.25, 0.3) is 0 Å². The van der Waals surface area contributed by atoms with Gasteiger partial charge in [0.05, 0.1) is 7.11 Å². The molecule has 2 amide bonds. The Morgan fingerprint density at radius 3 is 2.26 bits per heavy atom. The van der Waals surface area contributed by atoms with Gasteiger partial charge in [0.15, 0.2) is 11.5 Å². The molecule has 3 aromatic rings. The molecule has 3 aromatic carbocycles. The molecule has 1 N–H and O–H groups in total. The van der Waals surface area contributed by atoms with Crippen molar-refractivity contribution in [1.82, 2.24) is 4.90 Å². The van der Waals surface area contributed by atoms with Crippen LogP contribution in [0.15, 0.2) is 66.7 Å². The average molecular weight is 418 g/mol. The van der Waals surface area contributed by atoms with Crippen molar-refractivity contribution >= 4 is 11.7 Å². The fourth-order valence-corrected chi connectivity index (χ4v) is 3.44. The predicted molar refractivity (Wildman–Crippen MR) is 120 cm³/mol. The van der Waals surface area contributed by atoms with Crippen LogP contribution in [0.4, 0.5) is 10.5 Å². The van der Waals surface area contributed by atoms with E-state index in [2.05, 4.69) is 12.2 Å². The van der Waals surface area contributed by atoms with Crippen molar-refractivity contribution in [2.45, 2.75) is 26.4 Å². The number of hydrogen-bond acceptors (Lipinski definition) is 4. The van der Waals surface area contributed by atoms with Crippen LogP contribution in [0, 0.1) is 0 Å². The lowest BCUT2D eigenvalue weighted by Crippen LogP contribution is -2.34. The van der Waals surface area contributed by atoms with E-state index in [0.29, 0.717) is 18.8 Å². The van der Waals surface area contributed by atoms with Crippen LogP contribution in [0.25, 0.3) is 0 Å². The highest BCUT2D eigenvalue weighted by Gasteiger charge is 2.18. The molecule has 0 saturated carbocycles. The van der Waals surface area contributed by atoms with Gasteiger partial charge in [0.1, 0.15) is 5.75 Å². The van der Waals surface area contributed by atoms with E-state index in [-0.39, 0.29) is 12.8 Å². The summed E-state index contributed by atoms with van der Waals surface area (Å²) in [5.74, 6) is 2.22. The maximum Gasteiger partial charge on any atom is 0.322 e. The number of anilines is 1. The minimum absolute atomic E-state index is 0.169. The van der Waals surface area contributed by atoms with E-state index < -0.39 is 0 Å². The zero-order valence-corrected chi connectivity index (χ0v) is 17.8. The lowest BCUT2D eigenvalue weighted by atomic mass is 10.1. The van der Waals surface area contributed by atoms with Crippen molar-refractivity contribution in [2.75, 3.05) is 19.2 Å². The Labute approximate surface area is 182 Å². The molecule has 31 heavy (non-hydrogen) atoms. The van der Waals surface area contributed by atoms with Crippen LogP contribution >= 0.6 is 0 Å². The van der Waals surface area contributed by atoms with E-state index >= 15 is 0 Å². The Morgan fingerprint density at radius 1 is 0.903 bits per heavy atom. The second kappa shape index (κ2) is 9.43. The first-order valence-corrected chi connectivity index (χ1v) is 10.3. The van der Waals surface area contributed by atoms with Crippen LogP contribution < -0.4 is 19.5 Å². The minimum atomic E-state index is -0.169. The van der Waals surface area contributed by atoms with Gasteiger partial charge in [0.2, 0.25) is 6.79 Å². The number of ether oxygens (including phenoxy) is 3. The Kier molecular flexibility index (Phi) is 6.26. The molecule has 0 spiro atoms. The van der Waals surface area contributed by atoms with Crippen molar-refractivity contribution < 1.29 is 19.0 Å². The Bertz CT molecular complexity index is 1030. The lowest BCUT2D eigenvalue weighted by molar-refractivity contribution is 0.174. The van der Waals surface area contributed by atoms with Crippen molar-refractivity contribution in [2.24, 2.45) is 0 Å². The summed E-state index contributed by atoms with van der Waals surface area (Å²) in [5.41, 5.74) is 3.98. The largest absolute Gasteiger partial charge is 0.497 e. The number of nitrogens with zero attached hydrogens (tertiary/aromatic N) is 1. The summed E-state index contributed by atoms with van der Waals surface area (Å²) in [6, 6.07) is 21.2. The molecule has 160 valence electrons. The Balaban J connectivity index is 1.53. The smallest absolute Gasteiger partial charge is 0.322 e. The van der Waals surface area contributed by atoms with Gasteiger partial charge in [0, 0.05) is 18.8 Å². The maximum atomic E-state index is 13.2. The average Bonchev–Trinajstić information content (AvgIpc) is 3.27. The number of nitrogens with one attached hydrogen (secondary N) is 1. The molecule has 0 fully saturated rings. The second-order valence-corrected chi connectivity index (χ2v) is 7.37. The summed E-state index contributed by atoms with van der Waals surface area (Å²) in [7, 11) is 1.64. The van der Waals surface area contributed by atoms with E-state index in [1.807, 2.05) is 66.7 Å². The van der Waals surface area contributed by atoms with Gasteiger partial charge in [-0.05, 0) is 59.5 Å². The van der Waals surface area contributed by atoms with Crippen LogP contribution in [-0.4, -0.2) is 24.8 Å². The summed E-state index contributed by atoms with van der Waals surface area (Å²) in [6.07, 6.45) is 0.960. The Morgan fingerprint density at radius 2 is 1.55 bits per heavy atom. The van der Waals surface area contributed by atoms with Gasteiger partial charge in [-0.1, -0.05) is 37.3 Å². The molecule has 1 aliphatic rings. The molecule has 0 aliphatic carbocycles. The first kappa shape index (κ1) is 20.6. The molecule has 6 nitrogen and oxygen atoms in total. The molecular formula is C25H26N2O4. The normalized spacial score (nSPS) is 11.8. The number of carbonyl (C=O) groups is 1. The molecule has 1 heterocycles. The fraction of sp³-hybridized carbons (Fsp3) is 0.240. The zero-order chi connectivity index (χ0) is 21.6. The molecule has 0 unspecified atom stereocenters. The summed E-state index contributed by atoms with van der Waals surface area (Å²) in [6.45, 7) is 3.22. The van der Waals surface area contributed by atoms with Gasteiger partial charge in [-0.3, -0.25) is 0 Å². The standard InChI is InChI=1S/C25H26N2O4/c1-3-18-4-9-21(10-5-18)26-25(28)27(15-19-6-11-22(29-2)12-7-19)16-20-8-13-23-24(14-20)31-17-30-23/h4-14H,3,15-17H2,1-2H3,(H,26,28). The summed E-state index contributed by atoms with van der Waals surface area (Å²) in [5, 5.41) is 3.02. The highest BCUT2D eigenvalue weighted by molar-refractivity contribution is 5.89. The summed E-state index contributed by atoms with van der Waals surface area (Å²) >= 11 is 0. The zero-order valence-electron chi connectivity index (χ0n) is 17.8. The van der Waals surface area contributed by atoms with Crippen LogP contribution in [0.5, 0.6) is 17.2 Å². The van der Waals surface area contributed by atoms with Gasteiger partial charge in [-0.15, -0.1) is 0 Å². The third kappa shape index (κ3) is 5.09. The van der Waals surface area contributed by atoms with Crippen molar-refractivity contribution in [3.05, 3.63) is 83.4 Å². The van der Waals surface area contributed by atoms with Crippen molar-refractivity contribution in [3.63, 3.8) is 0 Å². The number of methoxy groups -OCH3 is 1. The number of urea groups is 1. The van der Waals surface area contributed by atoms with E-state index in [0.717, 1.165) is 34.7 Å². The lowest BCUT2D eigenvalue weighted by Gasteiger charge is -2.24. The monoisotopic (exact) mass is 418 g/mol. The van der Waals surface area contributed by atoms with Crippen LogP contribution in [-0.2, 0) is 19.5 Å². The SMILES string of the molecule is CCc1ccc(NC(=O)N(Cc2ccc(OC)cc2)Cc2ccc3c(c2)OCO3)cc1. The molecule has 0 atom stereocenters. The summed E-state index contributed by atoms with van der Waals surface area (Å²) in [4.78, 5) is 14.9. The number of benzene rings is 3. The molecule has 0 saturated heterocycles. The van der Waals surface area contributed by atoms with Gasteiger partial charge in [-0.25, -0.2) is 4.79 Å². The molecule has 0 bridgehead atoms. The highest BCUT2D eigenvalue weighted by Crippen LogP contribution is 2.33. The second-order valence-electron chi connectivity index (χ2n) is 7.37. The third-order valence-corrected chi connectivity index (χ3v) is 5.24. The van der Waals surface area contributed by atoms with Crippen LogP contribution in [0.3, 0.4) is 0 Å². The quantitative estimate of drug-likeness (QED) is 0.571. The minimum Gasteiger partial charge on any atom is -0.497 e. The van der Waals surface area contributed by atoms with E-state index in [4.69, 9.17) is 14.2 Å². The first-order valence-electron chi connectivity index (χ1n) is 10.3. The van der Waals surface area contributed by atoms with E-state index in [1.54, 1.807) is 12.0 Å². The molecule has 4 rings (SSSR count). The molecule has 0 radical (unpaired) electrons. The number of amides is 2. The highest BCUT2D eigenvalue weighted by atomic mass is 16.7. The van der Waals surface area contributed by atoms with Crippen molar-refractivity contribution in [1.29, 1.82) is 0 Å². The van der Waals surface area contributed by atoms with Gasteiger partial charge < -0.3 is 24.4 Å². The topological polar surface area (TPSA) is 60.0 Å². The first-order chi connectivity index (χ1) is 15.1. The third-order valence-electron chi connectivity index (χ3n) is 5.24. The number of hydrogen-bond donors (Lipinski definition) is 1. The van der Waals surface area contributed by atoms with Gasteiger partial charge >= 0.3 is 6.03 Å². The van der Waals surface area contributed by atoms with Crippen LogP contribution in [0.2, 0.25) is 0 Å². The Hall–Kier alpha value is -3.67. The van der Waals surface area contributed by atoms with Gasteiger partial charge in [-0.2, -0.15) is 0 Å².